The lowest BCUT2D eigenvalue weighted by molar-refractivity contribution is -0.126. The van der Waals surface area contributed by atoms with Crippen LogP contribution in [0.25, 0.3) is 0 Å². The summed E-state index contributed by atoms with van der Waals surface area (Å²) in [7, 11) is 0. The van der Waals surface area contributed by atoms with Crippen molar-refractivity contribution in [3.8, 4) is 0 Å². The number of hydrogen-bond donors (Lipinski definition) is 0. The molecule has 6 nitrogen and oxygen atoms in total. The molecule has 2 heterocycles. The van der Waals surface area contributed by atoms with Crippen LogP contribution >= 0.6 is 11.8 Å². The van der Waals surface area contributed by atoms with Crippen molar-refractivity contribution in [1.29, 1.82) is 0 Å². The first-order chi connectivity index (χ1) is 11.8. The zero-order valence-corrected chi connectivity index (χ0v) is 14.7. The van der Waals surface area contributed by atoms with Gasteiger partial charge < -0.3 is 13.9 Å². The maximum Gasteiger partial charge on any atom is 0.237 e. The number of rotatable bonds is 7. The van der Waals surface area contributed by atoms with Gasteiger partial charge in [-0.05, 0) is 44.7 Å². The predicted octanol–water partition coefficient (Wildman–Crippen LogP) is 3.32. The number of carbonyl (C=O) groups is 1. The zero-order chi connectivity index (χ0) is 16.8. The van der Waals surface area contributed by atoms with Gasteiger partial charge in [0.15, 0.2) is 5.16 Å². The molecular formula is C17H22N4O2S. The maximum absolute atomic E-state index is 12.6. The van der Waals surface area contributed by atoms with Crippen molar-refractivity contribution in [3.63, 3.8) is 0 Å². The Balaban J connectivity index is 1.60. The van der Waals surface area contributed by atoms with Crippen molar-refractivity contribution in [1.82, 2.24) is 19.7 Å². The Morgan fingerprint density at radius 2 is 2.38 bits per heavy atom. The lowest BCUT2D eigenvalue weighted by Gasteiger charge is -2.26. The normalized spacial score (nSPS) is 14.5. The van der Waals surface area contributed by atoms with Crippen LogP contribution in [0.2, 0.25) is 0 Å². The van der Waals surface area contributed by atoms with E-state index < -0.39 is 0 Å². The molecule has 0 bridgehead atoms. The second-order valence-electron chi connectivity index (χ2n) is 5.69. The quantitative estimate of drug-likeness (QED) is 0.720. The van der Waals surface area contributed by atoms with E-state index in [1.165, 1.54) is 30.3 Å². The van der Waals surface area contributed by atoms with Gasteiger partial charge >= 0.3 is 0 Å². The molecule has 0 saturated carbocycles. The highest BCUT2D eigenvalue weighted by molar-refractivity contribution is 7.99. The SMILES string of the molecule is CCN(C(=O)CSc1nncn1Cc1ccco1)C1=CCCCC1. The number of amides is 1. The molecule has 0 saturated heterocycles. The van der Waals surface area contributed by atoms with E-state index in [4.69, 9.17) is 4.42 Å². The highest BCUT2D eigenvalue weighted by atomic mass is 32.2. The molecule has 0 N–H and O–H groups in total. The first kappa shape index (κ1) is 16.8. The van der Waals surface area contributed by atoms with E-state index >= 15 is 0 Å². The van der Waals surface area contributed by atoms with E-state index in [2.05, 4.69) is 16.3 Å². The van der Waals surface area contributed by atoms with Crippen molar-refractivity contribution in [2.45, 2.75) is 44.3 Å². The summed E-state index contributed by atoms with van der Waals surface area (Å²) in [6, 6.07) is 3.76. The van der Waals surface area contributed by atoms with Crippen molar-refractivity contribution < 1.29 is 9.21 Å². The molecule has 2 aromatic heterocycles. The van der Waals surface area contributed by atoms with Crippen LogP contribution in [-0.2, 0) is 11.3 Å². The summed E-state index contributed by atoms with van der Waals surface area (Å²) in [4.78, 5) is 14.5. The van der Waals surface area contributed by atoms with Crippen LogP contribution in [0.5, 0.6) is 0 Å². The van der Waals surface area contributed by atoms with Gasteiger partial charge in [-0.3, -0.25) is 4.79 Å². The highest BCUT2D eigenvalue weighted by Crippen LogP contribution is 2.23. The number of thioether (sulfide) groups is 1. The molecule has 3 rings (SSSR count). The van der Waals surface area contributed by atoms with Crippen molar-refractivity contribution >= 4 is 17.7 Å². The Labute approximate surface area is 145 Å². The summed E-state index contributed by atoms with van der Waals surface area (Å²) in [6.45, 7) is 3.31. The third kappa shape index (κ3) is 4.08. The fraction of sp³-hybridized carbons (Fsp3) is 0.471. The van der Waals surface area contributed by atoms with Gasteiger partial charge in [0, 0.05) is 12.2 Å². The molecular weight excluding hydrogens is 324 g/mol. The Morgan fingerprint density at radius 1 is 1.46 bits per heavy atom. The topological polar surface area (TPSA) is 64.2 Å². The van der Waals surface area contributed by atoms with E-state index in [9.17, 15) is 4.79 Å². The molecule has 2 aromatic rings. The molecule has 0 fully saturated rings. The maximum atomic E-state index is 12.6. The lowest BCUT2D eigenvalue weighted by atomic mass is 10.0. The second-order valence-corrected chi connectivity index (χ2v) is 6.63. The molecule has 24 heavy (non-hydrogen) atoms. The van der Waals surface area contributed by atoms with Gasteiger partial charge in [0.2, 0.25) is 5.91 Å². The van der Waals surface area contributed by atoms with Crippen LogP contribution in [0.3, 0.4) is 0 Å². The lowest BCUT2D eigenvalue weighted by Crippen LogP contribution is -2.32. The van der Waals surface area contributed by atoms with E-state index in [-0.39, 0.29) is 5.91 Å². The number of aromatic nitrogens is 3. The van der Waals surface area contributed by atoms with Gasteiger partial charge in [-0.25, -0.2) is 0 Å². The van der Waals surface area contributed by atoms with Crippen LogP contribution in [0.1, 0.15) is 38.4 Å². The van der Waals surface area contributed by atoms with Crippen LogP contribution in [0.4, 0.5) is 0 Å². The van der Waals surface area contributed by atoms with Gasteiger partial charge in [-0.15, -0.1) is 10.2 Å². The second kappa shape index (κ2) is 8.19. The number of allylic oxidation sites excluding steroid dienone is 2. The van der Waals surface area contributed by atoms with Crippen LogP contribution in [0, 0.1) is 0 Å². The molecule has 1 amide bonds. The molecule has 0 atom stereocenters. The van der Waals surface area contributed by atoms with E-state index in [0.717, 1.165) is 23.8 Å². The molecule has 0 unspecified atom stereocenters. The average molecular weight is 346 g/mol. The largest absolute Gasteiger partial charge is 0.467 e. The Bertz CT molecular complexity index is 693. The highest BCUT2D eigenvalue weighted by Gasteiger charge is 2.19. The van der Waals surface area contributed by atoms with Crippen molar-refractivity contribution in [2.75, 3.05) is 12.3 Å². The molecule has 0 spiro atoms. The monoisotopic (exact) mass is 346 g/mol. The van der Waals surface area contributed by atoms with Gasteiger partial charge in [0.05, 0.1) is 18.6 Å². The minimum atomic E-state index is 0.128. The third-order valence-electron chi connectivity index (χ3n) is 4.04. The Morgan fingerprint density at radius 3 is 3.08 bits per heavy atom. The first-order valence-electron chi connectivity index (χ1n) is 8.30. The Kier molecular flexibility index (Phi) is 5.74. The van der Waals surface area contributed by atoms with Gasteiger partial charge in [0.1, 0.15) is 12.1 Å². The Hall–Kier alpha value is -2.02. The minimum Gasteiger partial charge on any atom is -0.467 e. The smallest absolute Gasteiger partial charge is 0.237 e. The van der Waals surface area contributed by atoms with E-state index in [1.807, 2.05) is 28.5 Å². The fourth-order valence-electron chi connectivity index (χ4n) is 2.85. The van der Waals surface area contributed by atoms with Crippen molar-refractivity contribution in [3.05, 3.63) is 42.3 Å². The van der Waals surface area contributed by atoms with Gasteiger partial charge in [-0.2, -0.15) is 0 Å². The van der Waals surface area contributed by atoms with E-state index in [1.54, 1.807) is 12.6 Å². The average Bonchev–Trinajstić information content (AvgIpc) is 3.27. The summed E-state index contributed by atoms with van der Waals surface area (Å²) >= 11 is 1.42. The fourth-order valence-corrected chi connectivity index (χ4v) is 3.64. The van der Waals surface area contributed by atoms with Crippen LogP contribution < -0.4 is 0 Å². The summed E-state index contributed by atoms with van der Waals surface area (Å²) in [5, 5.41) is 8.79. The van der Waals surface area contributed by atoms with Crippen molar-refractivity contribution in [2.24, 2.45) is 0 Å². The molecule has 7 heteroatoms. The summed E-state index contributed by atoms with van der Waals surface area (Å²) < 4.78 is 7.25. The van der Waals surface area contributed by atoms with Crippen LogP contribution in [0.15, 0.2) is 46.1 Å². The summed E-state index contributed by atoms with van der Waals surface area (Å²) in [6.07, 6.45) is 9.97. The molecule has 0 aliphatic heterocycles. The van der Waals surface area contributed by atoms with E-state index in [0.29, 0.717) is 18.8 Å². The third-order valence-corrected chi connectivity index (χ3v) is 5.01. The minimum absolute atomic E-state index is 0.128. The summed E-state index contributed by atoms with van der Waals surface area (Å²) in [5.41, 5.74) is 1.17. The molecule has 1 aliphatic carbocycles. The van der Waals surface area contributed by atoms with Gasteiger partial charge in [-0.1, -0.05) is 17.8 Å². The number of nitrogens with zero attached hydrogens (tertiary/aromatic N) is 4. The molecule has 0 aromatic carbocycles. The summed E-state index contributed by atoms with van der Waals surface area (Å²) in [5.74, 6) is 1.33. The number of carbonyl (C=O) groups excluding carboxylic acids is 1. The standard InChI is InChI=1S/C17H22N4O2S/c1-2-21(14-7-4-3-5-8-14)16(22)12-24-17-19-18-13-20(17)11-15-9-6-10-23-15/h6-7,9-10,13H,2-5,8,11-12H2,1H3. The molecule has 0 radical (unpaired) electrons. The molecule has 1 aliphatic rings. The van der Waals surface area contributed by atoms with Crippen LogP contribution in [-0.4, -0.2) is 37.9 Å². The zero-order valence-electron chi connectivity index (χ0n) is 13.9. The predicted molar refractivity (Wildman–Crippen MR) is 92.5 cm³/mol. The molecule has 128 valence electrons. The first-order valence-corrected chi connectivity index (χ1v) is 9.29. The number of furan rings is 1. The van der Waals surface area contributed by atoms with Gasteiger partial charge in [0.25, 0.3) is 0 Å². The number of hydrogen-bond acceptors (Lipinski definition) is 5.